The molecule has 2 aromatic heterocycles. The van der Waals surface area contributed by atoms with Crippen molar-refractivity contribution in [1.82, 2.24) is 19.7 Å². The first-order valence-electron chi connectivity index (χ1n) is 9.00. The first-order chi connectivity index (χ1) is 13.6. The summed E-state index contributed by atoms with van der Waals surface area (Å²) in [5.74, 6) is 0.674. The van der Waals surface area contributed by atoms with Crippen molar-refractivity contribution in [3.05, 3.63) is 89.1 Å². The summed E-state index contributed by atoms with van der Waals surface area (Å²) in [7, 11) is 1.78. The topological polar surface area (TPSA) is 51.0 Å². The molecule has 0 fully saturated rings. The maximum atomic E-state index is 13.0. The first-order valence-corrected chi connectivity index (χ1v) is 9.88. The van der Waals surface area contributed by atoms with Gasteiger partial charge in [-0.2, -0.15) is 0 Å². The zero-order valence-corrected chi connectivity index (χ0v) is 16.6. The second-order valence-corrected chi connectivity index (χ2v) is 7.52. The lowest BCUT2D eigenvalue weighted by Crippen LogP contribution is -2.27. The van der Waals surface area contributed by atoms with Gasteiger partial charge in [0.1, 0.15) is 0 Å². The molecule has 0 aliphatic carbocycles. The number of nitrogens with zero attached hydrogens (tertiary/aromatic N) is 4. The molecule has 28 heavy (non-hydrogen) atoms. The van der Waals surface area contributed by atoms with Crippen molar-refractivity contribution in [2.45, 2.75) is 13.5 Å². The van der Waals surface area contributed by atoms with E-state index in [1.54, 1.807) is 28.0 Å². The molecule has 0 spiro atoms. The van der Waals surface area contributed by atoms with E-state index in [9.17, 15) is 4.79 Å². The van der Waals surface area contributed by atoms with Gasteiger partial charge < -0.3 is 4.90 Å². The fourth-order valence-corrected chi connectivity index (χ4v) is 3.70. The molecular weight excluding hydrogens is 368 g/mol. The van der Waals surface area contributed by atoms with E-state index in [0.717, 1.165) is 21.7 Å². The van der Waals surface area contributed by atoms with Crippen molar-refractivity contribution in [3.8, 4) is 16.4 Å². The Morgan fingerprint density at radius 3 is 2.50 bits per heavy atom. The molecule has 5 nitrogen and oxygen atoms in total. The Morgan fingerprint density at radius 1 is 1.04 bits per heavy atom. The van der Waals surface area contributed by atoms with Gasteiger partial charge in [0.25, 0.3) is 5.91 Å². The molecule has 0 saturated heterocycles. The number of carbonyl (C=O) groups excluding carboxylic acids is 1. The van der Waals surface area contributed by atoms with Crippen LogP contribution in [-0.4, -0.2) is 32.6 Å². The van der Waals surface area contributed by atoms with Gasteiger partial charge in [-0.3, -0.25) is 4.79 Å². The normalized spacial score (nSPS) is 10.8. The van der Waals surface area contributed by atoms with Crippen LogP contribution in [0.3, 0.4) is 0 Å². The summed E-state index contributed by atoms with van der Waals surface area (Å²) < 4.78 is 1.74. The Labute approximate surface area is 167 Å². The Hall–Kier alpha value is -3.25. The minimum Gasteiger partial charge on any atom is -0.335 e. The van der Waals surface area contributed by atoms with Gasteiger partial charge in [0.2, 0.25) is 5.82 Å². The van der Waals surface area contributed by atoms with E-state index in [2.05, 4.69) is 10.1 Å². The minimum absolute atomic E-state index is 0.198. The van der Waals surface area contributed by atoms with Crippen LogP contribution >= 0.6 is 11.3 Å². The second kappa shape index (κ2) is 7.78. The molecule has 140 valence electrons. The first kappa shape index (κ1) is 18.1. The molecule has 4 rings (SSSR count). The van der Waals surface area contributed by atoms with Gasteiger partial charge in [0.15, 0.2) is 5.82 Å². The molecular formula is C22H20N4OS. The third-order valence-electron chi connectivity index (χ3n) is 4.56. The summed E-state index contributed by atoms with van der Waals surface area (Å²) in [5, 5.41) is 6.53. The van der Waals surface area contributed by atoms with E-state index in [0.29, 0.717) is 12.4 Å². The number of thiophene rings is 1. The molecule has 0 atom stereocenters. The van der Waals surface area contributed by atoms with E-state index in [-0.39, 0.29) is 11.7 Å². The third-order valence-corrected chi connectivity index (χ3v) is 5.42. The number of amides is 1. The summed E-state index contributed by atoms with van der Waals surface area (Å²) >= 11 is 1.57. The molecule has 4 aromatic rings. The van der Waals surface area contributed by atoms with E-state index in [4.69, 9.17) is 0 Å². The van der Waals surface area contributed by atoms with Crippen LogP contribution in [0.25, 0.3) is 16.4 Å². The van der Waals surface area contributed by atoms with Gasteiger partial charge in [-0.15, -0.1) is 16.4 Å². The summed E-state index contributed by atoms with van der Waals surface area (Å²) in [4.78, 5) is 20.2. The number of hydrogen-bond acceptors (Lipinski definition) is 4. The van der Waals surface area contributed by atoms with Crippen LogP contribution in [0, 0.1) is 6.92 Å². The highest BCUT2D eigenvalue weighted by Gasteiger charge is 2.22. The molecule has 1 amide bonds. The van der Waals surface area contributed by atoms with Crippen molar-refractivity contribution < 1.29 is 4.79 Å². The summed E-state index contributed by atoms with van der Waals surface area (Å²) in [5.41, 5.74) is 3.14. The highest BCUT2D eigenvalue weighted by Crippen LogP contribution is 2.26. The summed E-state index contributed by atoms with van der Waals surface area (Å²) in [6.45, 7) is 2.56. The summed E-state index contributed by atoms with van der Waals surface area (Å²) in [6, 6.07) is 21.8. The number of aromatic nitrogens is 3. The Morgan fingerprint density at radius 2 is 1.79 bits per heavy atom. The van der Waals surface area contributed by atoms with Crippen molar-refractivity contribution in [1.29, 1.82) is 0 Å². The number of aryl methyl sites for hydroxylation is 1. The quantitative estimate of drug-likeness (QED) is 0.503. The van der Waals surface area contributed by atoms with Crippen LogP contribution in [0.1, 0.15) is 21.7 Å². The van der Waals surface area contributed by atoms with Crippen LogP contribution in [0.5, 0.6) is 0 Å². The maximum absolute atomic E-state index is 13.0. The van der Waals surface area contributed by atoms with Crippen molar-refractivity contribution in [2.24, 2.45) is 0 Å². The van der Waals surface area contributed by atoms with Gasteiger partial charge in [-0.25, -0.2) is 9.67 Å². The average molecular weight is 388 g/mol. The Balaban J connectivity index is 1.68. The van der Waals surface area contributed by atoms with Gasteiger partial charge in [0, 0.05) is 13.6 Å². The van der Waals surface area contributed by atoms with Crippen molar-refractivity contribution >= 4 is 17.2 Å². The van der Waals surface area contributed by atoms with Gasteiger partial charge in [-0.1, -0.05) is 48.5 Å². The number of hydrogen-bond donors (Lipinski definition) is 0. The molecule has 0 N–H and O–H groups in total. The van der Waals surface area contributed by atoms with E-state index < -0.39 is 0 Å². The smallest absolute Gasteiger partial charge is 0.293 e. The van der Waals surface area contributed by atoms with Gasteiger partial charge in [-0.05, 0) is 41.6 Å². The molecule has 2 heterocycles. The van der Waals surface area contributed by atoms with Gasteiger partial charge >= 0.3 is 0 Å². The zero-order valence-electron chi connectivity index (χ0n) is 15.7. The van der Waals surface area contributed by atoms with E-state index in [1.807, 2.05) is 79.0 Å². The maximum Gasteiger partial charge on any atom is 0.293 e. The lowest BCUT2D eigenvalue weighted by Gasteiger charge is -2.16. The predicted octanol–water partition coefficient (Wildman–Crippen LogP) is 4.58. The number of para-hydroxylation sites is 1. The van der Waals surface area contributed by atoms with Crippen molar-refractivity contribution in [2.75, 3.05) is 7.05 Å². The molecule has 0 unspecified atom stereocenters. The number of rotatable bonds is 5. The standard InChI is InChI=1S/C22H20N4OS/c1-16-9-6-7-10-17(16)15-25(2)22(27)20-23-21(19-13-8-14-28-19)26(24-20)18-11-4-3-5-12-18/h3-14H,15H2,1-2H3. The lowest BCUT2D eigenvalue weighted by atomic mass is 10.1. The minimum atomic E-state index is -0.198. The van der Waals surface area contributed by atoms with Crippen molar-refractivity contribution in [3.63, 3.8) is 0 Å². The molecule has 0 bridgehead atoms. The van der Waals surface area contributed by atoms with Crippen LogP contribution in [0.4, 0.5) is 0 Å². The number of benzene rings is 2. The fraction of sp³-hybridized carbons (Fsp3) is 0.136. The zero-order chi connectivity index (χ0) is 19.5. The molecule has 2 aromatic carbocycles. The fourth-order valence-electron chi connectivity index (χ4n) is 3.00. The number of carbonyl (C=O) groups is 1. The molecule has 0 radical (unpaired) electrons. The van der Waals surface area contributed by atoms with Crippen LogP contribution < -0.4 is 0 Å². The van der Waals surface area contributed by atoms with Crippen LogP contribution in [0.2, 0.25) is 0 Å². The van der Waals surface area contributed by atoms with Crippen LogP contribution in [0.15, 0.2) is 72.1 Å². The van der Waals surface area contributed by atoms with Crippen LogP contribution in [-0.2, 0) is 6.54 Å². The summed E-state index contributed by atoms with van der Waals surface area (Å²) in [6.07, 6.45) is 0. The molecule has 6 heteroatoms. The Kier molecular flexibility index (Phi) is 5.04. The average Bonchev–Trinajstić information content (AvgIpc) is 3.39. The predicted molar refractivity (Wildman–Crippen MR) is 112 cm³/mol. The molecule has 0 aliphatic heterocycles. The highest BCUT2D eigenvalue weighted by atomic mass is 32.1. The SMILES string of the molecule is Cc1ccccc1CN(C)C(=O)c1nc(-c2cccs2)n(-c2ccccc2)n1. The largest absolute Gasteiger partial charge is 0.335 e. The monoisotopic (exact) mass is 388 g/mol. The molecule has 0 aliphatic rings. The lowest BCUT2D eigenvalue weighted by molar-refractivity contribution is 0.0773. The second-order valence-electron chi connectivity index (χ2n) is 6.57. The Bertz CT molecular complexity index is 1090. The highest BCUT2D eigenvalue weighted by molar-refractivity contribution is 7.13. The van der Waals surface area contributed by atoms with E-state index in [1.165, 1.54) is 0 Å². The van der Waals surface area contributed by atoms with E-state index >= 15 is 0 Å². The third kappa shape index (κ3) is 3.59. The van der Waals surface area contributed by atoms with Gasteiger partial charge in [0.05, 0.1) is 10.6 Å². The molecule has 0 saturated carbocycles.